The highest BCUT2D eigenvalue weighted by Gasteiger charge is 2.33. The van der Waals surface area contributed by atoms with Crippen molar-refractivity contribution in [2.75, 3.05) is 33.3 Å². The molecule has 21 heavy (non-hydrogen) atoms. The Morgan fingerprint density at radius 1 is 1.24 bits per heavy atom. The molecule has 0 bridgehead atoms. The van der Waals surface area contributed by atoms with Crippen LogP contribution in [0.5, 0.6) is 5.75 Å². The molecule has 2 heterocycles. The predicted molar refractivity (Wildman–Crippen MR) is 87.7 cm³/mol. The first-order chi connectivity index (χ1) is 10.3. The molecule has 2 atom stereocenters. The molecule has 3 nitrogen and oxygen atoms in total. The number of ether oxygens (including phenoxy) is 1. The van der Waals surface area contributed by atoms with Crippen molar-refractivity contribution in [3.8, 4) is 5.75 Å². The monoisotopic (exact) mass is 286 g/mol. The van der Waals surface area contributed by atoms with Gasteiger partial charge in [-0.25, -0.2) is 0 Å². The van der Waals surface area contributed by atoms with Gasteiger partial charge in [0.25, 0.3) is 0 Å². The van der Waals surface area contributed by atoms with Gasteiger partial charge in [-0.1, -0.05) is 24.3 Å². The maximum atomic E-state index is 5.19. The fraction of sp³-hybridized carbons (Fsp3) is 0.556. The SMILES string of the molecule is COc1ccc(C=CCN2CC3CCCN3C[C@H]2C)cc1. The molecule has 2 fully saturated rings. The average Bonchev–Trinajstić information content (AvgIpc) is 2.95. The minimum atomic E-state index is 0.667. The van der Waals surface area contributed by atoms with Crippen LogP contribution in [0.3, 0.4) is 0 Å². The summed E-state index contributed by atoms with van der Waals surface area (Å²) in [6.45, 7) is 7.19. The van der Waals surface area contributed by atoms with Gasteiger partial charge in [-0.15, -0.1) is 0 Å². The van der Waals surface area contributed by atoms with E-state index in [9.17, 15) is 0 Å². The molecule has 2 saturated heterocycles. The fourth-order valence-corrected chi connectivity index (χ4v) is 3.54. The summed E-state index contributed by atoms with van der Waals surface area (Å²) in [4.78, 5) is 5.29. The first kappa shape index (κ1) is 14.6. The highest BCUT2D eigenvalue weighted by molar-refractivity contribution is 5.50. The molecule has 0 radical (unpaired) electrons. The first-order valence-corrected chi connectivity index (χ1v) is 8.05. The second-order valence-corrected chi connectivity index (χ2v) is 6.27. The summed E-state index contributed by atoms with van der Waals surface area (Å²) in [5.74, 6) is 0.915. The number of piperazine rings is 1. The lowest BCUT2D eigenvalue weighted by atomic mass is 10.1. The van der Waals surface area contributed by atoms with Crippen LogP contribution in [0.2, 0.25) is 0 Å². The molecule has 0 aliphatic carbocycles. The standard InChI is InChI=1S/C18H26N2O/c1-15-13-20-12-4-6-17(20)14-19(15)11-3-5-16-7-9-18(21-2)10-8-16/h3,5,7-10,15,17H,4,6,11-14H2,1-2H3/t15-,17?/m1/s1. The van der Waals surface area contributed by atoms with E-state index >= 15 is 0 Å². The van der Waals surface area contributed by atoms with Gasteiger partial charge in [0.05, 0.1) is 7.11 Å². The summed E-state index contributed by atoms with van der Waals surface area (Å²) < 4.78 is 5.19. The van der Waals surface area contributed by atoms with Crippen molar-refractivity contribution >= 4 is 6.08 Å². The normalized spacial score (nSPS) is 27.1. The molecule has 1 aromatic rings. The minimum absolute atomic E-state index is 0.667. The lowest BCUT2D eigenvalue weighted by molar-refractivity contribution is 0.0686. The van der Waals surface area contributed by atoms with Crippen molar-refractivity contribution in [2.24, 2.45) is 0 Å². The molecular weight excluding hydrogens is 260 g/mol. The zero-order chi connectivity index (χ0) is 14.7. The largest absolute Gasteiger partial charge is 0.497 e. The maximum Gasteiger partial charge on any atom is 0.118 e. The molecule has 0 amide bonds. The molecule has 2 aliphatic heterocycles. The molecule has 3 heteroatoms. The zero-order valence-corrected chi connectivity index (χ0v) is 13.2. The molecule has 0 saturated carbocycles. The van der Waals surface area contributed by atoms with Gasteiger partial charge in [0, 0.05) is 31.7 Å². The molecule has 1 unspecified atom stereocenters. The molecule has 0 N–H and O–H groups in total. The summed E-state index contributed by atoms with van der Waals surface area (Å²) in [6, 6.07) is 9.70. The van der Waals surface area contributed by atoms with Crippen LogP contribution >= 0.6 is 0 Å². The van der Waals surface area contributed by atoms with Crippen LogP contribution in [-0.2, 0) is 0 Å². The Labute approximate surface area is 128 Å². The number of hydrogen-bond acceptors (Lipinski definition) is 3. The van der Waals surface area contributed by atoms with E-state index in [0.717, 1.165) is 18.3 Å². The molecule has 114 valence electrons. The van der Waals surface area contributed by atoms with E-state index in [1.54, 1.807) is 7.11 Å². The first-order valence-electron chi connectivity index (χ1n) is 8.05. The third-order valence-electron chi connectivity index (χ3n) is 4.83. The second-order valence-electron chi connectivity index (χ2n) is 6.27. The molecule has 1 aromatic carbocycles. The van der Waals surface area contributed by atoms with Crippen LogP contribution in [0.25, 0.3) is 6.08 Å². The lowest BCUT2D eigenvalue weighted by Gasteiger charge is -2.41. The average molecular weight is 286 g/mol. The van der Waals surface area contributed by atoms with E-state index in [4.69, 9.17) is 4.74 Å². The van der Waals surface area contributed by atoms with E-state index in [0.29, 0.717) is 6.04 Å². The Balaban J connectivity index is 1.54. The van der Waals surface area contributed by atoms with Crippen LogP contribution < -0.4 is 4.74 Å². The van der Waals surface area contributed by atoms with Gasteiger partial charge >= 0.3 is 0 Å². The fourth-order valence-electron chi connectivity index (χ4n) is 3.54. The van der Waals surface area contributed by atoms with Crippen molar-refractivity contribution in [1.82, 2.24) is 9.80 Å². The second kappa shape index (κ2) is 6.63. The van der Waals surface area contributed by atoms with E-state index in [1.165, 1.54) is 38.0 Å². The van der Waals surface area contributed by atoms with Gasteiger partial charge < -0.3 is 4.74 Å². The molecule has 2 aliphatic rings. The van der Waals surface area contributed by atoms with Gasteiger partial charge in [0.2, 0.25) is 0 Å². The smallest absolute Gasteiger partial charge is 0.118 e. The quantitative estimate of drug-likeness (QED) is 0.846. The number of hydrogen-bond donors (Lipinski definition) is 0. The third-order valence-corrected chi connectivity index (χ3v) is 4.83. The number of benzene rings is 1. The van der Waals surface area contributed by atoms with Crippen LogP contribution in [-0.4, -0.2) is 55.2 Å². The van der Waals surface area contributed by atoms with E-state index in [2.05, 4.69) is 41.0 Å². The third kappa shape index (κ3) is 3.47. The van der Waals surface area contributed by atoms with E-state index in [-0.39, 0.29) is 0 Å². The van der Waals surface area contributed by atoms with E-state index < -0.39 is 0 Å². The zero-order valence-electron chi connectivity index (χ0n) is 13.2. The Morgan fingerprint density at radius 2 is 2.05 bits per heavy atom. The number of rotatable bonds is 4. The highest BCUT2D eigenvalue weighted by Crippen LogP contribution is 2.24. The summed E-state index contributed by atoms with van der Waals surface area (Å²) in [5, 5.41) is 0. The Morgan fingerprint density at radius 3 is 2.81 bits per heavy atom. The van der Waals surface area contributed by atoms with Crippen molar-refractivity contribution in [3.63, 3.8) is 0 Å². The Hall–Kier alpha value is -1.32. The van der Waals surface area contributed by atoms with E-state index in [1.807, 2.05) is 12.1 Å². The summed E-state index contributed by atoms with van der Waals surface area (Å²) >= 11 is 0. The van der Waals surface area contributed by atoms with Crippen LogP contribution in [0, 0.1) is 0 Å². The van der Waals surface area contributed by atoms with Gasteiger partial charge in [-0.3, -0.25) is 9.80 Å². The summed E-state index contributed by atoms with van der Waals surface area (Å²) in [5.41, 5.74) is 1.24. The summed E-state index contributed by atoms with van der Waals surface area (Å²) in [6.07, 6.45) is 7.27. The van der Waals surface area contributed by atoms with Gasteiger partial charge in [-0.2, -0.15) is 0 Å². The minimum Gasteiger partial charge on any atom is -0.497 e. The molecule has 0 spiro atoms. The number of fused-ring (bicyclic) bond motifs is 1. The van der Waals surface area contributed by atoms with Gasteiger partial charge in [-0.05, 0) is 44.0 Å². The van der Waals surface area contributed by atoms with Crippen LogP contribution in [0.4, 0.5) is 0 Å². The van der Waals surface area contributed by atoms with Crippen molar-refractivity contribution in [1.29, 1.82) is 0 Å². The Bertz CT molecular complexity index is 482. The van der Waals surface area contributed by atoms with Crippen LogP contribution in [0.15, 0.2) is 30.3 Å². The van der Waals surface area contributed by atoms with Crippen molar-refractivity contribution < 1.29 is 4.74 Å². The molecule has 3 rings (SSSR count). The van der Waals surface area contributed by atoms with Gasteiger partial charge in [0.1, 0.15) is 5.75 Å². The lowest BCUT2D eigenvalue weighted by Crippen LogP contribution is -2.54. The van der Waals surface area contributed by atoms with Crippen molar-refractivity contribution in [2.45, 2.75) is 31.8 Å². The van der Waals surface area contributed by atoms with Crippen molar-refractivity contribution in [3.05, 3.63) is 35.9 Å². The molecule has 0 aromatic heterocycles. The maximum absolute atomic E-state index is 5.19. The molecular formula is C18H26N2O. The summed E-state index contributed by atoms with van der Waals surface area (Å²) in [7, 11) is 1.70. The highest BCUT2D eigenvalue weighted by atomic mass is 16.5. The van der Waals surface area contributed by atoms with Crippen LogP contribution in [0.1, 0.15) is 25.3 Å². The Kier molecular flexibility index (Phi) is 4.61. The predicted octanol–water partition coefficient (Wildman–Crippen LogP) is 2.88. The number of nitrogens with zero attached hydrogens (tertiary/aromatic N) is 2. The van der Waals surface area contributed by atoms with Gasteiger partial charge in [0.15, 0.2) is 0 Å². The number of methoxy groups -OCH3 is 1. The topological polar surface area (TPSA) is 15.7 Å².